The van der Waals surface area contributed by atoms with E-state index in [-0.39, 0.29) is 42.7 Å². The predicted octanol–water partition coefficient (Wildman–Crippen LogP) is 1.64. The molecule has 2 N–H and O–H groups in total. The second kappa shape index (κ2) is 10.0. The number of hydrogen-bond donors (Lipinski definition) is 1. The van der Waals surface area contributed by atoms with Gasteiger partial charge in [-0.2, -0.15) is 0 Å². The number of hydrogen-bond acceptors (Lipinski definition) is 3. The molecule has 0 radical (unpaired) electrons. The van der Waals surface area contributed by atoms with Crippen molar-refractivity contribution in [2.45, 2.75) is 52.0 Å². The van der Waals surface area contributed by atoms with E-state index in [4.69, 9.17) is 5.73 Å². The van der Waals surface area contributed by atoms with Crippen LogP contribution in [-0.4, -0.2) is 54.3 Å². The van der Waals surface area contributed by atoms with Crippen molar-refractivity contribution in [3.63, 3.8) is 0 Å². The molecule has 1 rings (SSSR count). The van der Waals surface area contributed by atoms with Gasteiger partial charge in [0.25, 0.3) is 0 Å². The van der Waals surface area contributed by atoms with Crippen LogP contribution in [0.25, 0.3) is 0 Å². The summed E-state index contributed by atoms with van der Waals surface area (Å²) in [6.07, 6.45) is 4.85. The van der Waals surface area contributed by atoms with Crippen molar-refractivity contribution >= 4 is 24.2 Å². The zero-order valence-electron chi connectivity index (χ0n) is 13.5. The molecule has 0 aromatic carbocycles. The molecule has 0 saturated heterocycles. The molecule has 6 heteroatoms. The highest BCUT2D eigenvalue weighted by atomic mass is 35.5. The molecule has 1 saturated carbocycles. The fourth-order valence-corrected chi connectivity index (χ4v) is 2.84. The Hall–Kier alpha value is -0.810. The van der Waals surface area contributed by atoms with Crippen LogP contribution >= 0.6 is 12.4 Å². The Morgan fingerprint density at radius 3 is 2.19 bits per heavy atom. The third-order valence-electron chi connectivity index (χ3n) is 4.32. The third-order valence-corrected chi connectivity index (χ3v) is 4.32. The molecule has 0 aliphatic heterocycles. The minimum atomic E-state index is 0. The van der Waals surface area contributed by atoms with Crippen molar-refractivity contribution in [1.82, 2.24) is 9.80 Å². The van der Waals surface area contributed by atoms with Crippen LogP contribution in [0.3, 0.4) is 0 Å². The van der Waals surface area contributed by atoms with Crippen LogP contribution in [0, 0.1) is 5.92 Å². The van der Waals surface area contributed by atoms with Crippen LogP contribution in [0.1, 0.15) is 46.0 Å². The Morgan fingerprint density at radius 2 is 1.67 bits per heavy atom. The Kier molecular flexibility index (Phi) is 9.62. The first-order chi connectivity index (χ1) is 9.49. The van der Waals surface area contributed by atoms with E-state index in [1.807, 2.05) is 13.8 Å². The van der Waals surface area contributed by atoms with Gasteiger partial charge < -0.3 is 15.5 Å². The first-order valence-electron chi connectivity index (χ1n) is 7.76. The zero-order valence-corrected chi connectivity index (χ0v) is 14.3. The fourth-order valence-electron chi connectivity index (χ4n) is 2.84. The molecule has 2 amide bonds. The monoisotopic (exact) mass is 319 g/mol. The summed E-state index contributed by atoms with van der Waals surface area (Å²) < 4.78 is 0. The quantitative estimate of drug-likeness (QED) is 0.809. The summed E-state index contributed by atoms with van der Waals surface area (Å²) in [5.74, 6) is 0.328. The van der Waals surface area contributed by atoms with Gasteiger partial charge in [-0.15, -0.1) is 12.4 Å². The highest BCUT2D eigenvalue weighted by Crippen LogP contribution is 2.26. The highest BCUT2D eigenvalue weighted by molar-refractivity contribution is 5.85. The maximum atomic E-state index is 12.2. The SMILES string of the molecule is CCN(CC)C(=O)CN(C)C(=O)CC1CCCCC1N.Cl. The van der Waals surface area contributed by atoms with Gasteiger partial charge in [-0.1, -0.05) is 12.8 Å². The van der Waals surface area contributed by atoms with E-state index in [1.54, 1.807) is 16.8 Å². The lowest BCUT2D eigenvalue weighted by Gasteiger charge is -2.30. The summed E-state index contributed by atoms with van der Waals surface area (Å²) in [6, 6.07) is 0.139. The number of likely N-dealkylation sites (N-methyl/N-ethyl adjacent to an activating group) is 2. The highest BCUT2D eigenvalue weighted by Gasteiger charge is 2.26. The molecule has 1 aliphatic carbocycles. The lowest BCUT2D eigenvalue weighted by Crippen LogP contribution is -2.43. The number of rotatable bonds is 6. The molecule has 21 heavy (non-hydrogen) atoms. The van der Waals surface area contributed by atoms with E-state index >= 15 is 0 Å². The third kappa shape index (κ3) is 6.22. The molecule has 2 atom stereocenters. The van der Waals surface area contributed by atoms with Crippen molar-refractivity contribution in [3.8, 4) is 0 Å². The van der Waals surface area contributed by atoms with Crippen LogP contribution in [-0.2, 0) is 9.59 Å². The van der Waals surface area contributed by atoms with Crippen molar-refractivity contribution in [2.75, 3.05) is 26.7 Å². The summed E-state index contributed by atoms with van der Waals surface area (Å²) in [6.45, 7) is 5.44. The molecule has 0 aromatic heterocycles. The normalized spacial score (nSPS) is 21.3. The van der Waals surface area contributed by atoms with Crippen molar-refractivity contribution in [1.29, 1.82) is 0 Å². The van der Waals surface area contributed by atoms with Crippen LogP contribution in [0.2, 0.25) is 0 Å². The Bertz CT molecular complexity index is 335. The topological polar surface area (TPSA) is 66.6 Å². The number of nitrogens with zero attached hydrogens (tertiary/aromatic N) is 2. The Labute approximate surface area is 134 Å². The molecule has 0 spiro atoms. The predicted molar refractivity (Wildman–Crippen MR) is 87.4 cm³/mol. The first kappa shape index (κ1) is 20.2. The Morgan fingerprint density at radius 1 is 1.10 bits per heavy atom. The summed E-state index contributed by atoms with van der Waals surface area (Å²) in [5, 5.41) is 0. The lowest BCUT2D eigenvalue weighted by atomic mass is 9.83. The molecule has 1 fully saturated rings. The van der Waals surface area contributed by atoms with E-state index in [1.165, 1.54) is 6.42 Å². The average molecular weight is 320 g/mol. The number of carbonyl (C=O) groups is 2. The summed E-state index contributed by atoms with van der Waals surface area (Å²) in [7, 11) is 1.71. The number of amides is 2. The smallest absolute Gasteiger partial charge is 0.242 e. The molecule has 5 nitrogen and oxygen atoms in total. The molecule has 1 aliphatic rings. The second-order valence-electron chi connectivity index (χ2n) is 5.73. The number of carbonyl (C=O) groups excluding carboxylic acids is 2. The average Bonchev–Trinajstić information content (AvgIpc) is 2.42. The van der Waals surface area contributed by atoms with Gasteiger partial charge in [0.15, 0.2) is 0 Å². The maximum absolute atomic E-state index is 12.2. The van der Waals surface area contributed by atoms with Gasteiger partial charge in [-0.25, -0.2) is 0 Å². The summed E-state index contributed by atoms with van der Waals surface area (Å²) >= 11 is 0. The van der Waals surface area contributed by atoms with Crippen LogP contribution < -0.4 is 5.73 Å². The van der Waals surface area contributed by atoms with Gasteiger partial charge in [0.2, 0.25) is 11.8 Å². The number of nitrogens with two attached hydrogens (primary N) is 1. The number of halogens is 1. The Balaban J connectivity index is 0.00000400. The van der Waals surface area contributed by atoms with Crippen LogP contribution in [0.15, 0.2) is 0 Å². The molecular formula is C15H30ClN3O2. The van der Waals surface area contributed by atoms with Crippen molar-refractivity contribution in [3.05, 3.63) is 0 Å². The first-order valence-corrected chi connectivity index (χ1v) is 7.76. The van der Waals surface area contributed by atoms with E-state index < -0.39 is 0 Å². The van der Waals surface area contributed by atoms with Gasteiger partial charge in [0.05, 0.1) is 6.54 Å². The zero-order chi connectivity index (χ0) is 15.1. The molecule has 0 aromatic rings. The molecule has 124 valence electrons. The molecule has 2 unspecified atom stereocenters. The second-order valence-corrected chi connectivity index (χ2v) is 5.73. The van der Waals surface area contributed by atoms with Crippen molar-refractivity contribution < 1.29 is 9.59 Å². The van der Waals surface area contributed by atoms with E-state index in [9.17, 15) is 9.59 Å². The van der Waals surface area contributed by atoms with E-state index in [2.05, 4.69) is 0 Å². The standard InChI is InChI=1S/C15H29N3O2.ClH/c1-4-18(5-2)15(20)11-17(3)14(19)10-12-8-6-7-9-13(12)16;/h12-13H,4-11,16H2,1-3H3;1H. The van der Waals surface area contributed by atoms with Gasteiger partial charge in [0, 0.05) is 32.6 Å². The van der Waals surface area contributed by atoms with Gasteiger partial charge in [-0.05, 0) is 32.6 Å². The van der Waals surface area contributed by atoms with Gasteiger partial charge in [-0.3, -0.25) is 9.59 Å². The summed E-state index contributed by atoms with van der Waals surface area (Å²) in [5.41, 5.74) is 6.07. The summed E-state index contributed by atoms with van der Waals surface area (Å²) in [4.78, 5) is 27.5. The van der Waals surface area contributed by atoms with Crippen LogP contribution in [0.4, 0.5) is 0 Å². The van der Waals surface area contributed by atoms with Gasteiger partial charge in [0.1, 0.15) is 0 Å². The van der Waals surface area contributed by atoms with Gasteiger partial charge >= 0.3 is 0 Å². The minimum Gasteiger partial charge on any atom is -0.342 e. The molecule has 0 heterocycles. The van der Waals surface area contributed by atoms with Crippen LogP contribution in [0.5, 0.6) is 0 Å². The fraction of sp³-hybridized carbons (Fsp3) is 0.867. The maximum Gasteiger partial charge on any atom is 0.242 e. The molecule has 0 bridgehead atoms. The molecular weight excluding hydrogens is 290 g/mol. The largest absolute Gasteiger partial charge is 0.342 e. The van der Waals surface area contributed by atoms with Crippen molar-refractivity contribution in [2.24, 2.45) is 11.7 Å². The van der Waals surface area contributed by atoms with E-state index in [0.29, 0.717) is 19.5 Å². The van der Waals surface area contributed by atoms with E-state index in [0.717, 1.165) is 19.3 Å². The lowest BCUT2D eigenvalue weighted by molar-refractivity contribution is -0.139. The minimum absolute atomic E-state index is 0.